The fourth-order valence-electron chi connectivity index (χ4n) is 1.85. The normalized spacial score (nSPS) is 10.0. The highest BCUT2D eigenvalue weighted by atomic mass is 35.5. The predicted molar refractivity (Wildman–Crippen MR) is 88.3 cm³/mol. The Bertz CT molecular complexity index is 588. The van der Waals surface area contributed by atoms with Gasteiger partial charge in [-0.3, -0.25) is 4.79 Å². The Kier molecular flexibility index (Phi) is 7.28. The first-order valence-corrected chi connectivity index (χ1v) is 7.44. The summed E-state index contributed by atoms with van der Waals surface area (Å²) in [5.74, 6) is -0.138. The van der Waals surface area contributed by atoms with Crippen LogP contribution in [0.5, 0.6) is 0 Å². The molecule has 0 aliphatic carbocycles. The Hall–Kier alpha value is -1.50. The van der Waals surface area contributed by atoms with Crippen molar-refractivity contribution in [3.8, 4) is 0 Å². The third kappa shape index (κ3) is 4.49. The highest BCUT2D eigenvalue weighted by molar-refractivity contribution is 7.08. The molecule has 0 saturated carbocycles. The van der Waals surface area contributed by atoms with Crippen LogP contribution in [0.3, 0.4) is 0 Å². The highest BCUT2D eigenvalue weighted by Crippen LogP contribution is 2.18. The third-order valence-corrected chi connectivity index (χ3v) is 3.69. The molecule has 2 rings (SSSR count). The van der Waals surface area contributed by atoms with Gasteiger partial charge in [-0.15, -0.1) is 17.5 Å². The van der Waals surface area contributed by atoms with Gasteiger partial charge in [0, 0.05) is 12.2 Å². The van der Waals surface area contributed by atoms with Crippen molar-refractivity contribution in [3.63, 3.8) is 0 Å². The van der Waals surface area contributed by atoms with Crippen molar-refractivity contribution in [2.75, 3.05) is 11.9 Å². The van der Waals surface area contributed by atoms with Crippen molar-refractivity contribution in [1.82, 2.24) is 14.9 Å². The van der Waals surface area contributed by atoms with Gasteiger partial charge in [-0.05, 0) is 36.1 Å². The average Bonchev–Trinajstić information content (AvgIpc) is 2.95. The first-order chi connectivity index (χ1) is 9.76. The van der Waals surface area contributed by atoms with E-state index in [1.165, 1.54) is 0 Å². The number of nitrogens with zero attached hydrogens (tertiary/aromatic N) is 2. The lowest BCUT2D eigenvalue weighted by Crippen LogP contribution is -2.17. The Labute approximate surface area is 134 Å². The molecule has 0 bridgehead atoms. The van der Waals surface area contributed by atoms with Gasteiger partial charge in [0.05, 0.1) is 5.69 Å². The molecule has 0 fully saturated rings. The molecule has 1 amide bonds. The predicted octanol–water partition coefficient (Wildman–Crippen LogP) is 2.88. The number of aryl methyl sites for hydroxylation is 1. The largest absolute Gasteiger partial charge is 0.321 e. The van der Waals surface area contributed by atoms with Crippen LogP contribution in [0.1, 0.15) is 34.8 Å². The van der Waals surface area contributed by atoms with Gasteiger partial charge in [-0.2, -0.15) is 0 Å². The zero-order valence-electron chi connectivity index (χ0n) is 12.0. The Morgan fingerprint density at radius 2 is 2.05 bits per heavy atom. The van der Waals surface area contributed by atoms with Gasteiger partial charge in [0.25, 0.3) is 5.91 Å². The van der Waals surface area contributed by atoms with Crippen molar-refractivity contribution >= 4 is 35.5 Å². The maximum absolute atomic E-state index is 12.3. The van der Waals surface area contributed by atoms with Crippen LogP contribution in [0.25, 0.3) is 0 Å². The van der Waals surface area contributed by atoms with Crippen molar-refractivity contribution < 1.29 is 4.79 Å². The van der Waals surface area contributed by atoms with E-state index < -0.39 is 0 Å². The number of benzene rings is 1. The number of carbonyl (C=O) groups excluding carboxylic acids is 1. The van der Waals surface area contributed by atoms with Crippen molar-refractivity contribution in [3.05, 3.63) is 40.4 Å². The molecule has 0 saturated heterocycles. The monoisotopic (exact) mass is 326 g/mol. The van der Waals surface area contributed by atoms with E-state index in [2.05, 4.69) is 27.1 Å². The van der Waals surface area contributed by atoms with Crippen LogP contribution in [0.4, 0.5) is 5.69 Å². The fourth-order valence-corrected chi connectivity index (χ4v) is 2.49. The summed E-state index contributed by atoms with van der Waals surface area (Å²) in [6, 6.07) is 7.79. The summed E-state index contributed by atoms with van der Waals surface area (Å²) in [5, 5.41) is 10.2. The van der Waals surface area contributed by atoms with E-state index in [1.807, 2.05) is 31.2 Å². The van der Waals surface area contributed by atoms with Gasteiger partial charge in [-0.1, -0.05) is 36.5 Å². The van der Waals surface area contributed by atoms with Crippen LogP contribution in [0, 0.1) is 0 Å². The van der Waals surface area contributed by atoms with E-state index in [0.717, 1.165) is 41.6 Å². The Morgan fingerprint density at radius 1 is 1.29 bits per heavy atom. The van der Waals surface area contributed by atoms with Crippen LogP contribution >= 0.6 is 23.9 Å². The molecule has 0 atom stereocenters. The molecular formula is C14H19ClN4OS. The average molecular weight is 327 g/mol. The molecule has 1 heterocycles. The summed E-state index contributed by atoms with van der Waals surface area (Å²) in [6.45, 7) is 5.64. The van der Waals surface area contributed by atoms with Crippen LogP contribution in [0.15, 0.2) is 24.3 Å². The zero-order valence-corrected chi connectivity index (χ0v) is 13.7. The lowest BCUT2D eigenvalue weighted by molar-refractivity contribution is 0.102. The van der Waals surface area contributed by atoms with Crippen molar-refractivity contribution in [1.29, 1.82) is 0 Å². The van der Waals surface area contributed by atoms with E-state index in [4.69, 9.17) is 0 Å². The minimum absolute atomic E-state index is 0. The molecular weight excluding hydrogens is 308 g/mol. The molecule has 21 heavy (non-hydrogen) atoms. The van der Waals surface area contributed by atoms with Crippen molar-refractivity contribution in [2.45, 2.75) is 26.8 Å². The number of aromatic nitrogens is 2. The molecule has 114 valence electrons. The quantitative estimate of drug-likeness (QED) is 0.856. The number of amides is 1. The number of nitrogens with one attached hydrogen (secondary N) is 2. The number of para-hydroxylation sites is 1. The maximum Gasteiger partial charge on any atom is 0.269 e. The molecule has 0 spiro atoms. The minimum atomic E-state index is -0.138. The number of rotatable bonds is 6. The highest BCUT2D eigenvalue weighted by Gasteiger charge is 2.16. The van der Waals surface area contributed by atoms with Gasteiger partial charge in [0.2, 0.25) is 0 Å². The molecule has 7 heteroatoms. The molecule has 1 aromatic heterocycles. The molecule has 5 nitrogen and oxygen atoms in total. The number of hydrogen-bond acceptors (Lipinski definition) is 5. The SMILES string of the molecule is CCNCc1ccccc1NC(=O)c1snnc1CC.Cl. The molecule has 0 unspecified atom stereocenters. The van der Waals surface area contributed by atoms with E-state index in [-0.39, 0.29) is 18.3 Å². The van der Waals surface area contributed by atoms with Gasteiger partial charge in [0.15, 0.2) is 0 Å². The topological polar surface area (TPSA) is 66.9 Å². The van der Waals surface area contributed by atoms with Gasteiger partial charge < -0.3 is 10.6 Å². The van der Waals surface area contributed by atoms with Crippen LogP contribution in [0.2, 0.25) is 0 Å². The summed E-state index contributed by atoms with van der Waals surface area (Å²) in [4.78, 5) is 12.9. The summed E-state index contributed by atoms with van der Waals surface area (Å²) < 4.78 is 3.85. The van der Waals surface area contributed by atoms with Crippen LogP contribution < -0.4 is 10.6 Å². The lowest BCUT2D eigenvalue weighted by Gasteiger charge is -2.10. The van der Waals surface area contributed by atoms with Gasteiger partial charge in [0.1, 0.15) is 4.88 Å². The van der Waals surface area contributed by atoms with Crippen LogP contribution in [-0.2, 0) is 13.0 Å². The molecule has 0 radical (unpaired) electrons. The summed E-state index contributed by atoms with van der Waals surface area (Å²) >= 11 is 1.14. The van der Waals surface area contributed by atoms with Gasteiger partial charge >= 0.3 is 0 Å². The smallest absolute Gasteiger partial charge is 0.269 e. The Balaban J connectivity index is 0.00000220. The lowest BCUT2D eigenvalue weighted by atomic mass is 10.1. The standard InChI is InChI=1S/C14H18N4OS.ClH/c1-3-11-13(20-18-17-11)14(19)16-12-8-6-5-7-10(12)9-15-4-2;/h5-8,15H,3-4,9H2,1-2H3,(H,16,19);1H. The second-order valence-electron chi connectivity index (χ2n) is 4.29. The van der Waals surface area contributed by atoms with Gasteiger partial charge in [-0.25, -0.2) is 0 Å². The first kappa shape index (κ1) is 17.6. The molecule has 2 aromatic rings. The number of anilines is 1. The van der Waals surface area contributed by atoms with E-state index >= 15 is 0 Å². The zero-order chi connectivity index (χ0) is 14.4. The first-order valence-electron chi connectivity index (χ1n) is 6.67. The summed E-state index contributed by atoms with van der Waals surface area (Å²) in [7, 11) is 0. The number of carbonyl (C=O) groups is 1. The summed E-state index contributed by atoms with van der Waals surface area (Å²) in [5.41, 5.74) is 2.64. The second kappa shape index (κ2) is 8.71. The summed E-state index contributed by atoms with van der Waals surface area (Å²) in [6.07, 6.45) is 0.707. The second-order valence-corrected chi connectivity index (χ2v) is 5.05. The van der Waals surface area contributed by atoms with Crippen molar-refractivity contribution in [2.24, 2.45) is 0 Å². The number of halogens is 1. The van der Waals surface area contributed by atoms with E-state index in [1.54, 1.807) is 0 Å². The minimum Gasteiger partial charge on any atom is -0.321 e. The fraction of sp³-hybridized carbons (Fsp3) is 0.357. The third-order valence-electron chi connectivity index (χ3n) is 2.93. The van der Waals surface area contributed by atoms with E-state index in [9.17, 15) is 4.79 Å². The maximum atomic E-state index is 12.3. The number of hydrogen-bond donors (Lipinski definition) is 2. The van der Waals surface area contributed by atoms with Crippen LogP contribution in [-0.4, -0.2) is 22.0 Å². The molecule has 1 aromatic carbocycles. The molecule has 0 aliphatic heterocycles. The van der Waals surface area contributed by atoms with E-state index in [0.29, 0.717) is 11.3 Å². The molecule has 0 aliphatic rings. The Morgan fingerprint density at radius 3 is 2.76 bits per heavy atom. The molecule has 2 N–H and O–H groups in total.